The number of nitrogens with zero attached hydrogens (tertiary/aromatic N) is 3. The van der Waals surface area contributed by atoms with Crippen LogP contribution < -0.4 is 10.6 Å². The zero-order valence-corrected chi connectivity index (χ0v) is 12.3. The minimum atomic E-state index is 0.357. The van der Waals surface area contributed by atoms with Crippen LogP contribution in [0.4, 0.5) is 5.69 Å². The van der Waals surface area contributed by atoms with E-state index < -0.39 is 0 Å². The molecule has 0 saturated carbocycles. The Morgan fingerprint density at radius 2 is 2.05 bits per heavy atom. The zero-order valence-electron chi connectivity index (χ0n) is 12.3. The van der Waals surface area contributed by atoms with Gasteiger partial charge in [-0.2, -0.15) is 5.26 Å². The highest BCUT2D eigenvalue weighted by Gasteiger charge is 2.17. The summed E-state index contributed by atoms with van der Waals surface area (Å²) in [7, 11) is 4.13. The van der Waals surface area contributed by atoms with E-state index in [4.69, 9.17) is 5.73 Å². The first-order valence-corrected chi connectivity index (χ1v) is 6.67. The van der Waals surface area contributed by atoms with Gasteiger partial charge in [0.1, 0.15) is 6.07 Å². The van der Waals surface area contributed by atoms with Gasteiger partial charge >= 0.3 is 0 Å². The van der Waals surface area contributed by atoms with Crippen LogP contribution in [0, 0.1) is 11.3 Å². The summed E-state index contributed by atoms with van der Waals surface area (Å²) in [5, 5.41) is 9.32. The Morgan fingerprint density at radius 3 is 2.53 bits per heavy atom. The lowest BCUT2D eigenvalue weighted by Crippen LogP contribution is -2.40. The fourth-order valence-corrected chi connectivity index (χ4v) is 2.40. The lowest BCUT2D eigenvalue weighted by Gasteiger charge is -2.32. The average molecular weight is 260 g/mol. The number of hydrogen-bond donors (Lipinski definition) is 1. The van der Waals surface area contributed by atoms with E-state index in [0.29, 0.717) is 18.2 Å². The van der Waals surface area contributed by atoms with E-state index >= 15 is 0 Å². The van der Waals surface area contributed by atoms with Crippen LogP contribution in [-0.4, -0.2) is 38.1 Å². The Kier molecular flexibility index (Phi) is 5.81. The van der Waals surface area contributed by atoms with Crippen molar-refractivity contribution in [1.29, 1.82) is 5.26 Å². The van der Waals surface area contributed by atoms with Crippen LogP contribution in [0.25, 0.3) is 0 Å². The molecule has 0 aliphatic rings. The minimum Gasteiger partial charge on any atom is -0.367 e. The molecule has 2 N–H and O–H groups in total. The van der Waals surface area contributed by atoms with E-state index in [9.17, 15) is 5.26 Å². The molecule has 0 bridgehead atoms. The molecule has 0 radical (unpaired) electrons. The van der Waals surface area contributed by atoms with E-state index in [1.54, 1.807) is 0 Å². The van der Waals surface area contributed by atoms with Gasteiger partial charge in [-0.1, -0.05) is 6.07 Å². The van der Waals surface area contributed by atoms with Gasteiger partial charge in [0.15, 0.2) is 0 Å². The minimum absolute atomic E-state index is 0.357. The number of nitrogens with two attached hydrogens (primary N) is 1. The second-order valence-corrected chi connectivity index (χ2v) is 5.06. The van der Waals surface area contributed by atoms with Crippen molar-refractivity contribution in [3.63, 3.8) is 0 Å². The molecule has 0 saturated heterocycles. The van der Waals surface area contributed by atoms with E-state index in [1.165, 1.54) is 0 Å². The molecule has 0 aliphatic carbocycles. The van der Waals surface area contributed by atoms with Crippen LogP contribution in [0.15, 0.2) is 18.2 Å². The Balaban J connectivity index is 3.08. The molecule has 19 heavy (non-hydrogen) atoms. The summed E-state index contributed by atoms with van der Waals surface area (Å²) in [6, 6.07) is 8.54. The van der Waals surface area contributed by atoms with Crippen molar-refractivity contribution in [3.05, 3.63) is 29.3 Å². The molecule has 1 unspecified atom stereocenters. The second-order valence-electron chi connectivity index (χ2n) is 5.06. The maximum Gasteiger partial charge on any atom is 0.101 e. The first kappa shape index (κ1) is 15.5. The summed E-state index contributed by atoms with van der Waals surface area (Å²) < 4.78 is 0. The third-order valence-electron chi connectivity index (χ3n) is 3.23. The average Bonchev–Trinajstić information content (AvgIpc) is 2.39. The molecule has 1 atom stereocenters. The van der Waals surface area contributed by atoms with E-state index in [1.807, 2.05) is 18.2 Å². The maximum absolute atomic E-state index is 9.32. The summed E-state index contributed by atoms with van der Waals surface area (Å²) in [4.78, 5) is 4.42. The summed E-state index contributed by atoms with van der Waals surface area (Å²) in [6.07, 6.45) is 0. The van der Waals surface area contributed by atoms with Gasteiger partial charge in [-0.3, -0.25) is 0 Å². The first-order valence-electron chi connectivity index (χ1n) is 6.67. The number of anilines is 1. The fourth-order valence-electron chi connectivity index (χ4n) is 2.40. The largest absolute Gasteiger partial charge is 0.367 e. The van der Waals surface area contributed by atoms with Crippen LogP contribution in [0.2, 0.25) is 0 Å². The highest BCUT2D eigenvalue weighted by atomic mass is 15.2. The lowest BCUT2D eigenvalue weighted by atomic mass is 10.1. The lowest BCUT2D eigenvalue weighted by molar-refractivity contribution is 0.373. The monoisotopic (exact) mass is 260 g/mol. The number of likely N-dealkylation sites (N-methyl/N-ethyl adjacent to an activating group) is 2. The van der Waals surface area contributed by atoms with Crippen molar-refractivity contribution in [2.45, 2.75) is 26.4 Å². The van der Waals surface area contributed by atoms with Gasteiger partial charge in [0.2, 0.25) is 0 Å². The smallest absolute Gasteiger partial charge is 0.101 e. The summed E-state index contributed by atoms with van der Waals surface area (Å²) in [6.45, 7) is 6.60. The predicted molar refractivity (Wildman–Crippen MR) is 80.1 cm³/mol. The standard InChI is InChI=1S/C15H24N4/c1-5-19(12(2)11-18(3)4)15-7-6-13(9-16)8-14(15)10-17/h6-8,12H,5,9,11,16H2,1-4H3. The van der Waals surface area contributed by atoms with Gasteiger partial charge in [0, 0.05) is 25.7 Å². The van der Waals surface area contributed by atoms with Gasteiger partial charge in [-0.25, -0.2) is 0 Å². The second kappa shape index (κ2) is 7.13. The number of nitriles is 1. The van der Waals surface area contributed by atoms with Crippen molar-refractivity contribution in [3.8, 4) is 6.07 Å². The molecule has 4 nitrogen and oxygen atoms in total. The van der Waals surface area contributed by atoms with Crippen molar-refractivity contribution in [2.24, 2.45) is 5.73 Å². The molecule has 0 aromatic heterocycles. The molecule has 4 heteroatoms. The Bertz CT molecular complexity index is 448. The summed E-state index contributed by atoms with van der Waals surface area (Å²) in [5.74, 6) is 0. The van der Waals surface area contributed by atoms with Crippen molar-refractivity contribution in [1.82, 2.24) is 4.90 Å². The molecule has 0 amide bonds. The molecule has 0 heterocycles. The van der Waals surface area contributed by atoms with Crippen molar-refractivity contribution < 1.29 is 0 Å². The first-order chi connectivity index (χ1) is 9.03. The number of benzene rings is 1. The molecular weight excluding hydrogens is 236 g/mol. The van der Waals surface area contributed by atoms with E-state index in [-0.39, 0.29) is 0 Å². The molecular formula is C15H24N4. The Labute approximate surface area is 116 Å². The van der Waals surface area contributed by atoms with Crippen LogP contribution in [0.1, 0.15) is 25.0 Å². The molecule has 1 aromatic rings. The van der Waals surface area contributed by atoms with Crippen LogP contribution in [0.3, 0.4) is 0 Å². The maximum atomic E-state index is 9.32. The molecule has 0 fully saturated rings. The predicted octanol–water partition coefficient (Wildman–Crippen LogP) is 1.79. The molecule has 0 aliphatic heterocycles. The SMILES string of the molecule is CCN(c1ccc(CN)cc1C#N)C(C)CN(C)C. The van der Waals surface area contributed by atoms with Crippen LogP contribution >= 0.6 is 0 Å². The zero-order chi connectivity index (χ0) is 14.4. The fraction of sp³-hybridized carbons (Fsp3) is 0.533. The number of hydrogen-bond acceptors (Lipinski definition) is 4. The van der Waals surface area contributed by atoms with Gasteiger partial charge < -0.3 is 15.5 Å². The van der Waals surface area contributed by atoms with Crippen LogP contribution in [0.5, 0.6) is 0 Å². The van der Waals surface area contributed by atoms with Crippen molar-refractivity contribution in [2.75, 3.05) is 32.1 Å². The van der Waals surface area contributed by atoms with Crippen LogP contribution in [-0.2, 0) is 6.54 Å². The van der Waals surface area contributed by atoms with Gasteiger partial charge in [0.25, 0.3) is 0 Å². The quantitative estimate of drug-likeness (QED) is 0.847. The molecule has 0 spiro atoms. The van der Waals surface area contributed by atoms with E-state index in [0.717, 1.165) is 24.3 Å². The summed E-state index contributed by atoms with van der Waals surface area (Å²) in [5.41, 5.74) is 8.33. The molecule has 1 rings (SSSR count). The third-order valence-corrected chi connectivity index (χ3v) is 3.23. The summed E-state index contributed by atoms with van der Waals surface area (Å²) >= 11 is 0. The van der Waals surface area contributed by atoms with Gasteiger partial charge in [0.05, 0.1) is 11.3 Å². The Hall–Kier alpha value is -1.57. The molecule has 104 valence electrons. The van der Waals surface area contributed by atoms with E-state index in [2.05, 4.69) is 43.8 Å². The molecule has 1 aromatic carbocycles. The van der Waals surface area contributed by atoms with Gasteiger partial charge in [-0.15, -0.1) is 0 Å². The van der Waals surface area contributed by atoms with Crippen molar-refractivity contribution >= 4 is 5.69 Å². The normalized spacial score (nSPS) is 12.3. The topological polar surface area (TPSA) is 56.3 Å². The Morgan fingerprint density at radius 1 is 1.37 bits per heavy atom. The highest BCUT2D eigenvalue weighted by Crippen LogP contribution is 2.23. The third kappa shape index (κ3) is 3.95. The van der Waals surface area contributed by atoms with Gasteiger partial charge in [-0.05, 0) is 45.6 Å². The number of rotatable bonds is 6. The highest BCUT2D eigenvalue weighted by molar-refractivity contribution is 5.61.